The van der Waals surface area contributed by atoms with Crippen molar-refractivity contribution < 1.29 is 4.74 Å². The molecule has 106 valence electrons. The second-order valence-electron chi connectivity index (χ2n) is 5.26. The standard InChI is InChI=1S/C15H23BrN2O/c16-13-5-1-4-12(10-13)11-14(18-17)6-2-7-15-8-3-9-19-15/h1,4-5,10,14-15,18H,2-3,6-9,11,17H2. The zero-order chi connectivity index (χ0) is 13.5. The molecule has 0 spiro atoms. The van der Waals surface area contributed by atoms with E-state index in [-0.39, 0.29) is 0 Å². The first-order valence-corrected chi connectivity index (χ1v) is 7.89. The molecule has 2 atom stereocenters. The molecule has 2 rings (SSSR count). The van der Waals surface area contributed by atoms with Crippen LogP contribution in [0.2, 0.25) is 0 Å². The Balaban J connectivity index is 1.73. The van der Waals surface area contributed by atoms with Crippen LogP contribution >= 0.6 is 15.9 Å². The van der Waals surface area contributed by atoms with Gasteiger partial charge >= 0.3 is 0 Å². The molecule has 4 heteroatoms. The van der Waals surface area contributed by atoms with Crippen LogP contribution in [0, 0.1) is 0 Å². The average Bonchev–Trinajstić information content (AvgIpc) is 2.91. The number of nitrogens with one attached hydrogen (secondary N) is 1. The number of rotatable bonds is 7. The van der Waals surface area contributed by atoms with Crippen molar-refractivity contribution in [3.8, 4) is 0 Å². The molecule has 0 radical (unpaired) electrons. The maximum Gasteiger partial charge on any atom is 0.0576 e. The van der Waals surface area contributed by atoms with Gasteiger partial charge in [0.25, 0.3) is 0 Å². The second kappa shape index (κ2) is 8.00. The predicted octanol–water partition coefficient (Wildman–Crippen LogP) is 3.17. The molecule has 0 amide bonds. The molecule has 19 heavy (non-hydrogen) atoms. The normalized spacial score (nSPS) is 20.6. The molecule has 0 bridgehead atoms. The van der Waals surface area contributed by atoms with E-state index >= 15 is 0 Å². The molecule has 1 saturated heterocycles. The minimum absolute atomic E-state index is 0.343. The lowest BCUT2D eigenvalue weighted by Crippen LogP contribution is -2.36. The van der Waals surface area contributed by atoms with E-state index < -0.39 is 0 Å². The third kappa shape index (κ3) is 5.22. The van der Waals surface area contributed by atoms with Gasteiger partial charge in [0.2, 0.25) is 0 Å². The highest BCUT2D eigenvalue weighted by Gasteiger charge is 2.16. The van der Waals surface area contributed by atoms with Crippen LogP contribution in [0.1, 0.15) is 37.7 Å². The van der Waals surface area contributed by atoms with Gasteiger partial charge < -0.3 is 4.74 Å². The number of benzene rings is 1. The summed E-state index contributed by atoms with van der Waals surface area (Å²) in [6.45, 7) is 0.946. The maximum absolute atomic E-state index is 5.66. The lowest BCUT2D eigenvalue weighted by Gasteiger charge is -2.17. The SMILES string of the molecule is NNC(CCCC1CCCO1)Cc1cccc(Br)c1. The maximum atomic E-state index is 5.66. The molecule has 1 aromatic rings. The van der Waals surface area contributed by atoms with Gasteiger partial charge in [0.15, 0.2) is 0 Å². The van der Waals surface area contributed by atoms with Crippen LogP contribution in [-0.2, 0) is 11.2 Å². The number of hydrogen-bond acceptors (Lipinski definition) is 3. The fraction of sp³-hybridized carbons (Fsp3) is 0.600. The van der Waals surface area contributed by atoms with Gasteiger partial charge in [-0.15, -0.1) is 0 Å². The van der Waals surface area contributed by atoms with Crippen LogP contribution in [0.3, 0.4) is 0 Å². The zero-order valence-electron chi connectivity index (χ0n) is 11.3. The fourth-order valence-corrected chi connectivity index (χ4v) is 3.10. The van der Waals surface area contributed by atoms with Gasteiger partial charge in [-0.25, -0.2) is 0 Å². The van der Waals surface area contributed by atoms with Crippen LogP contribution in [0.25, 0.3) is 0 Å². The number of hydrazine groups is 1. The topological polar surface area (TPSA) is 47.3 Å². The first-order chi connectivity index (χ1) is 9.28. The molecule has 1 heterocycles. The summed E-state index contributed by atoms with van der Waals surface area (Å²) in [6, 6.07) is 8.76. The third-order valence-electron chi connectivity index (χ3n) is 3.71. The Morgan fingerprint density at radius 3 is 3.05 bits per heavy atom. The summed E-state index contributed by atoms with van der Waals surface area (Å²) < 4.78 is 6.77. The molecule has 0 aliphatic carbocycles. The molecule has 1 fully saturated rings. The Morgan fingerprint density at radius 1 is 1.47 bits per heavy atom. The van der Waals surface area contributed by atoms with Gasteiger partial charge in [-0.2, -0.15) is 0 Å². The van der Waals surface area contributed by atoms with E-state index in [4.69, 9.17) is 10.6 Å². The van der Waals surface area contributed by atoms with Crippen LogP contribution in [0.5, 0.6) is 0 Å². The van der Waals surface area contributed by atoms with Crippen molar-refractivity contribution in [1.82, 2.24) is 5.43 Å². The second-order valence-corrected chi connectivity index (χ2v) is 6.18. The van der Waals surface area contributed by atoms with Crippen molar-refractivity contribution in [1.29, 1.82) is 0 Å². The number of nitrogens with two attached hydrogens (primary N) is 1. The van der Waals surface area contributed by atoms with E-state index in [0.717, 1.165) is 30.3 Å². The summed E-state index contributed by atoms with van der Waals surface area (Å²) >= 11 is 3.50. The van der Waals surface area contributed by atoms with Crippen molar-refractivity contribution in [2.75, 3.05) is 6.61 Å². The Morgan fingerprint density at radius 2 is 2.37 bits per heavy atom. The third-order valence-corrected chi connectivity index (χ3v) is 4.20. The summed E-state index contributed by atoms with van der Waals surface area (Å²) in [4.78, 5) is 0. The van der Waals surface area contributed by atoms with E-state index in [0.29, 0.717) is 12.1 Å². The van der Waals surface area contributed by atoms with Crippen molar-refractivity contribution in [3.05, 3.63) is 34.3 Å². The van der Waals surface area contributed by atoms with Gasteiger partial charge in [0.1, 0.15) is 0 Å². The number of hydrogen-bond donors (Lipinski definition) is 2. The molecule has 1 aliphatic heterocycles. The monoisotopic (exact) mass is 326 g/mol. The Hall–Kier alpha value is -0.420. The summed E-state index contributed by atoms with van der Waals surface area (Å²) in [5, 5.41) is 0. The zero-order valence-corrected chi connectivity index (χ0v) is 12.9. The van der Waals surface area contributed by atoms with Gasteiger partial charge in [-0.05, 0) is 56.2 Å². The van der Waals surface area contributed by atoms with Gasteiger partial charge in [0, 0.05) is 17.1 Å². The summed E-state index contributed by atoms with van der Waals surface area (Å²) in [6.07, 6.45) is 7.35. The number of halogens is 1. The minimum atomic E-state index is 0.343. The van der Waals surface area contributed by atoms with E-state index in [9.17, 15) is 0 Å². The highest BCUT2D eigenvalue weighted by Crippen LogP contribution is 2.19. The highest BCUT2D eigenvalue weighted by molar-refractivity contribution is 9.10. The van der Waals surface area contributed by atoms with E-state index in [1.807, 2.05) is 6.07 Å². The van der Waals surface area contributed by atoms with Crippen molar-refractivity contribution in [2.45, 2.75) is 50.7 Å². The summed E-state index contributed by atoms with van der Waals surface area (Å²) in [5.41, 5.74) is 4.25. The summed E-state index contributed by atoms with van der Waals surface area (Å²) in [7, 11) is 0. The largest absolute Gasteiger partial charge is 0.378 e. The lowest BCUT2D eigenvalue weighted by molar-refractivity contribution is 0.101. The first-order valence-electron chi connectivity index (χ1n) is 7.10. The molecular weight excluding hydrogens is 304 g/mol. The molecular formula is C15H23BrN2O. The molecule has 2 unspecified atom stereocenters. The molecule has 3 N–H and O–H groups in total. The Bertz CT molecular complexity index is 380. The number of ether oxygens (including phenoxy) is 1. The molecule has 1 aromatic carbocycles. The van der Waals surface area contributed by atoms with E-state index in [2.05, 4.69) is 39.6 Å². The van der Waals surface area contributed by atoms with Gasteiger partial charge in [0.05, 0.1) is 6.10 Å². The van der Waals surface area contributed by atoms with Crippen molar-refractivity contribution in [3.63, 3.8) is 0 Å². The average molecular weight is 327 g/mol. The lowest BCUT2D eigenvalue weighted by atomic mass is 10.00. The van der Waals surface area contributed by atoms with Gasteiger partial charge in [-0.3, -0.25) is 11.3 Å². The minimum Gasteiger partial charge on any atom is -0.378 e. The smallest absolute Gasteiger partial charge is 0.0576 e. The van der Waals surface area contributed by atoms with Crippen molar-refractivity contribution in [2.24, 2.45) is 5.84 Å². The fourth-order valence-electron chi connectivity index (χ4n) is 2.66. The highest BCUT2D eigenvalue weighted by atomic mass is 79.9. The van der Waals surface area contributed by atoms with Crippen LogP contribution in [0.4, 0.5) is 0 Å². The first kappa shape index (κ1) is 15.0. The molecule has 3 nitrogen and oxygen atoms in total. The van der Waals surface area contributed by atoms with E-state index in [1.54, 1.807) is 0 Å². The molecule has 1 aliphatic rings. The summed E-state index contributed by atoms with van der Waals surface area (Å²) in [5.74, 6) is 5.66. The predicted molar refractivity (Wildman–Crippen MR) is 81.8 cm³/mol. The van der Waals surface area contributed by atoms with Crippen LogP contribution in [0.15, 0.2) is 28.7 Å². The van der Waals surface area contributed by atoms with Crippen LogP contribution in [-0.4, -0.2) is 18.8 Å². The van der Waals surface area contributed by atoms with Crippen LogP contribution < -0.4 is 11.3 Å². The van der Waals surface area contributed by atoms with Crippen molar-refractivity contribution >= 4 is 15.9 Å². The Kier molecular flexibility index (Phi) is 6.31. The Labute approximate surface area is 124 Å². The van der Waals surface area contributed by atoms with Gasteiger partial charge in [-0.1, -0.05) is 28.1 Å². The molecule has 0 aromatic heterocycles. The molecule has 0 saturated carbocycles. The quantitative estimate of drug-likeness (QED) is 0.597. The van der Waals surface area contributed by atoms with E-state index in [1.165, 1.54) is 24.8 Å².